The number of hydrogen-bond donors (Lipinski definition) is 2. The molecule has 0 unspecified atom stereocenters. The Bertz CT molecular complexity index is 629. The van der Waals surface area contributed by atoms with Gasteiger partial charge < -0.3 is 11.1 Å². The molecule has 0 saturated heterocycles. The summed E-state index contributed by atoms with van der Waals surface area (Å²) >= 11 is 4.84. The zero-order valence-corrected chi connectivity index (χ0v) is 11.5. The molecule has 0 atom stereocenters. The number of nitrogens with one attached hydrogen (secondary N) is 1. The second-order valence-corrected chi connectivity index (χ2v) is 4.73. The molecule has 0 fully saturated rings. The Balaban J connectivity index is 2.07. The monoisotopic (exact) mass is 292 g/mol. The fourth-order valence-corrected chi connectivity index (χ4v) is 2.16. The van der Waals surface area contributed by atoms with E-state index in [0.717, 1.165) is 0 Å². The summed E-state index contributed by atoms with van der Waals surface area (Å²) in [6.45, 7) is 0.458. The predicted octanol–water partition coefficient (Wildman–Crippen LogP) is 3.25. The molecule has 2 aromatic rings. The van der Waals surface area contributed by atoms with Gasteiger partial charge in [0.15, 0.2) is 0 Å². The minimum absolute atomic E-state index is 0.00325. The highest BCUT2D eigenvalue weighted by Gasteiger charge is 2.10. The van der Waals surface area contributed by atoms with Gasteiger partial charge in [0.2, 0.25) is 0 Å². The quantitative estimate of drug-likeness (QED) is 0.831. The molecular formula is C15H14F2N2S. The standard InChI is InChI=1S/C15H14F2N2S/c16-11-5-2-1-4-10(11)8-9-19-13-7-3-6-12(17)14(13)15(18)20/h1-7,19H,8-9H2,(H2,18,20). The van der Waals surface area contributed by atoms with E-state index in [1.54, 1.807) is 30.3 Å². The van der Waals surface area contributed by atoms with Crippen molar-refractivity contribution in [2.24, 2.45) is 5.73 Å². The summed E-state index contributed by atoms with van der Waals surface area (Å²) in [5.41, 5.74) is 6.83. The Kier molecular flexibility index (Phi) is 4.63. The van der Waals surface area contributed by atoms with Crippen molar-refractivity contribution in [1.82, 2.24) is 0 Å². The zero-order chi connectivity index (χ0) is 14.5. The summed E-state index contributed by atoms with van der Waals surface area (Å²) in [6, 6.07) is 11.1. The topological polar surface area (TPSA) is 38.0 Å². The molecule has 0 bridgehead atoms. The number of nitrogens with two attached hydrogens (primary N) is 1. The van der Waals surface area contributed by atoms with Gasteiger partial charge in [0.1, 0.15) is 16.6 Å². The summed E-state index contributed by atoms with van der Waals surface area (Å²) in [5, 5.41) is 3.04. The molecule has 2 rings (SSSR count). The number of halogens is 2. The first-order valence-electron chi connectivity index (χ1n) is 6.15. The van der Waals surface area contributed by atoms with Crippen LogP contribution in [0.2, 0.25) is 0 Å². The minimum atomic E-state index is -0.464. The Labute approximate surface area is 121 Å². The molecule has 5 heteroatoms. The second kappa shape index (κ2) is 6.43. The van der Waals surface area contributed by atoms with Crippen LogP contribution in [0.1, 0.15) is 11.1 Å². The third-order valence-corrected chi connectivity index (χ3v) is 3.13. The molecular weight excluding hydrogens is 278 g/mol. The van der Waals surface area contributed by atoms with Crippen LogP contribution in [0, 0.1) is 11.6 Å². The molecule has 2 nitrogen and oxygen atoms in total. The average molecular weight is 292 g/mol. The van der Waals surface area contributed by atoms with Gasteiger partial charge in [-0.05, 0) is 30.2 Å². The third-order valence-electron chi connectivity index (χ3n) is 2.93. The third kappa shape index (κ3) is 3.30. The lowest BCUT2D eigenvalue weighted by Crippen LogP contribution is -2.16. The molecule has 0 aliphatic rings. The lowest BCUT2D eigenvalue weighted by Gasteiger charge is -2.12. The van der Waals surface area contributed by atoms with Crippen LogP contribution in [0.3, 0.4) is 0 Å². The zero-order valence-electron chi connectivity index (χ0n) is 10.7. The van der Waals surface area contributed by atoms with Crippen molar-refractivity contribution in [2.75, 3.05) is 11.9 Å². The number of benzene rings is 2. The molecule has 0 heterocycles. The van der Waals surface area contributed by atoms with E-state index in [-0.39, 0.29) is 16.4 Å². The van der Waals surface area contributed by atoms with Crippen LogP contribution in [0.25, 0.3) is 0 Å². The predicted molar refractivity (Wildman–Crippen MR) is 80.9 cm³/mol. The molecule has 104 valence electrons. The van der Waals surface area contributed by atoms with Crippen molar-refractivity contribution < 1.29 is 8.78 Å². The van der Waals surface area contributed by atoms with Crippen molar-refractivity contribution in [1.29, 1.82) is 0 Å². The first kappa shape index (κ1) is 14.4. The van der Waals surface area contributed by atoms with Crippen molar-refractivity contribution in [3.05, 3.63) is 65.2 Å². The minimum Gasteiger partial charge on any atom is -0.389 e. The number of thiocarbonyl (C=S) groups is 1. The van der Waals surface area contributed by atoms with Crippen molar-refractivity contribution in [3.8, 4) is 0 Å². The van der Waals surface area contributed by atoms with Gasteiger partial charge in [-0.25, -0.2) is 8.78 Å². The Morgan fingerprint density at radius 3 is 2.45 bits per heavy atom. The van der Waals surface area contributed by atoms with Crippen molar-refractivity contribution in [3.63, 3.8) is 0 Å². The molecule has 0 amide bonds. The maximum Gasteiger partial charge on any atom is 0.135 e. The van der Waals surface area contributed by atoms with Crippen LogP contribution in [0.5, 0.6) is 0 Å². The van der Waals surface area contributed by atoms with Crippen LogP contribution < -0.4 is 11.1 Å². The highest BCUT2D eigenvalue weighted by Crippen LogP contribution is 2.19. The first-order valence-corrected chi connectivity index (χ1v) is 6.56. The fourth-order valence-electron chi connectivity index (χ4n) is 1.95. The van der Waals surface area contributed by atoms with E-state index in [4.69, 9.17) is 18.0 Å². The molecule has 0 aromatic heterocycles. The Morgan fingerprint density at radius 1 is 1.05 bits per heavy atom. The van der Waals surface area contributed by atoms with E-state index < -0.39 is 5.82 Å². The van der Waals surface area contributed by atoms with Gasteiger partial charge in [-0.2, -0.15) is 0 Å². The maximum absolute atomic E-state index is 13.6. The van der Waals surface area contributed by atoms with Gasteiger partial charge in [-0.1, -0.05) is 36.5 Å². The fraction of sp³-hybridized carbons (Fsp3) is 0.133. The van der Waals surface area contributed by atoms with Gasteiger partial charge in [-0.15, -0.1) is 0 Å². The average Bonchev–Trinajstić information content (AvgIpc) is 2.40. The first-order chi connectivity index (χ1) is 9.59. The van der Waals surface area contributed by atoms with Crippen LogP contribution in [-0.2, 0) is 6.42 Å². The SMILES string of the molecule is NC(=S)c1c(F)cccc1NCCc1ccccc1F. The van der Waals surface area contributed by atoms with Crippen LogP contribution >= 0.6 is 12.2 Å². The molecule has 0 saturated carbocycles. The molecule has 0 aliphatic carbocycles. The molecule has 2 aromatic carbocycles. The molecule has 20 heavy (non-hydrogen) atoms. The van der Waals surface area contributed by atoms with E-state index >= 15 is 0 Å². The molecule has 0 radical (unpaired) electrons. The Hall–Kier alpha value is -2.01. The smallest absolute Gasteiger partial charge is 0.135 e. The van der Waals surface area contributed by atoms with E-state index in [1.165, 1.54) is 12.1 Å². The van der Waals surface area contributed by atoms with E-state index in [1.807, 2.05) is 0 Å². The van der Waals surface area contributed by atoms with Crippen molar-refractivity contribution in [2.45, 2.75) is 6.42 Å². The summed E-state index contributed by atoms with van der Waals surface area (Å²) < 4.78 is 27.1. The largest absolute Gasteiger partial charge is 0.389 e. The molecule has 0 spiro atoms. The Morgan fingerprint density at radius 2 is 1.75 bits per heavy atom. The normalized spacial score (nSPS) is 10.3. The highest BCUT2D eigenvalue weighted by molar-refractivity contribution is 7.80. The van der Waals surface area contributed by atoms with E-state index in [2.05, 4.69) is 5.32 Å². The molecule has 0 aliphatic heterocycles. The summed E-state index contributed by atoms with van der Waals surface area (Å²) in [6.07, 6.45) is 0.486. The van der Waals surface area contributed by atoms with Crippen LogP contribution in [0.15, 0.2) is 42.5 Å². The van der Waals surface area contributed by atoms with Gasteiger partial charge in [0.25, 0.3) is 0 Å². The van der Waals surface area contributed by atoms with E-state index in [0.29, 0.717) is 24.2 Å². The highest BCUT2D eigenvalue weighted by atomic mass is 32.1. The number of rotatable bonds is 5. The van der Waals surface area contributed by atoms with Gasteiger partial charge >= 0.3 is 0 Å². The van der Waals surface area contributed by atoms with E-state index in [9.17, 15) is 8.78 Å². The van der Waals surface area contributed by atoms with Crippen molar-refractivity contribution >= 4 is 22.9 Å². The lowest BCUT2D eigenvalue weighted by atomic mass is 10.1. The summed E-state index contributed by atoms with van der Waals surface area (Å²) in [7, 11) is 0. The van der Waals surface area contributed by atoms with Gasteiger partial charge in [0, 0.05) is 12.2 Å². The van der Waals surface area contributed by atoms with Crippen LogP contribution in [-0.4, -0.2) is 11.5 Å². The number of anilines is 1. The second-order valence-electron chi connectivity index (χ2n) is 4.29. The molecule has 3 N–H and O–H groups in total. The lowest BCUT2D eigenvalue weighted by molar-refractivity contribution is 0.610. The maximum atomic E-state index is 13.6. The van der Waals surface area contributed by atoms with Crippen LogP contribution in [0.4, 0.5) is 14.5 Å². The van der Waals surface area contributed by atoms with Gasteiger partial charge in [-0.3, -0.25) is 0 Å². The number of hydrogen-bond acceptors (Lipinski definition) is 2. The van der Waals surface area contributed by atoms with Gasteiger partial charge in [0.05, 0.1) is 5.56 Å². The summed E-state index contributed by atoms with van der Waals surface area (Å²) in [4.78, 5) is -0.00325. The summed E-state index contributed by atoms with van der Waals surface area (Å²) in [5.74, 6) is -0.712.